The lowest BCUT2D eigenvalue weighted by atomic mass is 10.1. The number of benzene rings is 1. The zero-order valence-corrected chi connectivity index (χ0v) is 9.01. The van der Waals surface area contributed by atoms with Gasteiger partial charge in [0.2, 0.25) is 0 Å². The molecule has 1 aromatic heterocycles. The minimum Gasteiger partial charge on any atom is -0.478 e. The number of aromatic carboxylic acids is 1. The van der Waals surface area contributed by atoms with Crippen LogP contribution >= 0.6 is 0 Å². The lowest BCUT2D eigenvalue weighted by Crippen LogP contribution is -2.03. The van der Waals surface area contributed by atoms with Gasteiger partial charge in [-0.3, -0.25) is 0 Å². The molecule has 0 bridgehead atoms. The highest BCUT2D eigenvalue weighted by Gasteiger charge is 2.10. The molecule has 0 aliphatic rings. The first-order chi connectivity index (χ1) is 7.74. The maximum absolute atomic E-state index is 11.0. The minimum atomic E-state index is -0.893. The van der Waals surface area contributed by atoms with E-state index < -0.39 is 5.97 Å². The summed E-state index contributed by atoms with van der Waals surface area (Å²) in [5.41, 5.74) is 1.27. The molecule has 0 unspecified atom stereocenters. The number of carboxylic acids is 1. The van der Waals surface area contributed by atoms with E-state index in [-0.39, 0.29) is 0 Å². The van der Waals surface area contributed by atoms with Crippen LogP contribution in [0.25, 0.3) is 10.9 Å². The summed E-state index contributed by atoms with van der Waals surface area (Å²) in [5.74, 6) is -0.893. The lowest BCUT2D eigenvalue weighted by Gasteiger charge is -2.04. The molecule has 1 heterocycles. The maximum Gasteiger partial charge on any atom is 0.336 e. The molecule has 4 nitrogen and oxygen atoms in total. The molecule has 0 aliphatic heterocycles. The molecule has 1 N–H and O–H groups in total. The highest BCUT2D eigenvalue weighted by Crippen LogP contribution is 2.20. The Morgan fingerprint density at radius 1 is 1.44 bits per heavy atom. The van der Waals surface area contributed by atoms with Gasteiger partial charge in [-0.15, -0.1) is 0 Å². The zero-order chi connectivity index (χ0) is 11.5. The van der Waals surface area contributed by atoms with Gasteiger partial charge in [0.25, 0.3) is 0 Å². The molecule has 0 saturated heterocycles. The third-order valence-electron chi connectivity index (χ3n) is 2.58. The first-order valence-corrected chi connectivity index (χ1v) is 5.04. The van der Waals surface area contributed by atoms with Gasteiger partial charge >= 0.3 is 5.97 Å². The largest absolute Gasteiger partial charge is 0.478 e. The number of hydrogen-bond acceptors (Lipinski definition) is 2. The quantitative estimate of drug-likeness (QED) is 0.855. The van der Waals surface area contributed by atoms with Crippen LogP contribution < -0.4 is 0 Å². The molecular weight excluding hydrogens is 206 g/mol. The number of hydrogen-bond donors (Lipinski definition) is 1. The third kappa shape index (κ3) is 1.79. The summed E-state index contributed by atoms with van der Waals surface area (Å²) in [4.78, 5) is 11.0. The van der Waals surface area contributed by atoms with Crippen LogP contribution in [0.15, 0.2) is 30.5 Å². The molecule has 0 spiro atoms. The summed E-state index contributed by atoms with van der Waals surface area (Å²) < 4.78 is 7.00. The third-order valence-corrected chi connectivity index (χ3v) is 2.58. The second kappa shape index (κ2) is 4.37. The first kappa shape index (κ1) is 10.7. The second-order valence-electron chi connectivity index (χ2n) is 3.55. The van der Waals surface area contributed by atoms with Crippen LogP contribution in [0.4, 0.5) is 0 Å². The predicted octanol–water partition coefficient (Wildman–Crippen LogP) is 1.99. The molecule has 0 fully saturated rings. The predicted molar refractivity (Wildman–Crippen MR) is 60.8 cm³/mol. The summed E-state index contributed by atoms with van der Waals surface area (Å²) in [5, 5.41) is 9.80. The number of methoxy groups -OCH3 is 1. The van der Waals surface area contributed by atoms with Crippen LogP contribution in [0.2, 0.25) is 0 Å². The topological polar surface area (TPSA) is 51.5 Å². The minimum absolute atomic E-state index is 0.341. The van der Waals surface area contributed by atoms with Crippen LogP contribution in [-0.4, -0.2) is 29.4 Å². The number of carboxylic acid groups (broad SMARTS) is 1. The van der Waals surface area contributed by atoms with Gasteiger partial charge in [0, 0.05) is 30.8 Å². The molecular formula is C12H13NO3. The van der Waals surface area contributed by atoms with E-state index in [2.05, 4.69) is 0 Å². The molecule has 2 aromatic rings. The highest BCUT2D eigenvalue weighted by molar-refractivity contribution is 6.02. The van der Waals surface area contributed by atoms with Gasteiger partial charge in [-0.05, 0) is 18.2 Å². The normalized spacial score (nSPS) is 10.8. The Balaban J connectivity index is 2.48. The van der Waals surface area contributed by atoms with Crippen molar-refractivity contribution in [2.75, 3.05) is 13.7 Å². The molecule has 0 amide bonds. The van der Waals surface area contributed by atoms with Crippen molar-refractivity contribution in [1.82, 2.24) is 4.57 Å². The average molecular weight is 219 g/mol. The summed E-state index contributed by atoms with van der Waals surface area (Å²) >= 11 is 0. The van der Waals surface area contributed by atoms with Crippen molar-refractivity contribution in [1.29, 1.82) is 0 Å². The zero-order valence-electron chi connectivity index (χ0n) is 9.01. The van der Waals surface area contributed by atoms with Crippen molar-refractivity contribution in [3.05, 3.63) is 36.0 Å². The highest BCUT2D eigenvalue weighted by atomic mass is 16.5. The van der Waals surface area contributed by atoms with E-state index in [4.69, 9.17) is 9.84 Å². The summed E-state index contributed by atoms with van der Waals surface area (Å²) in [6.45, 7) is 1.34. The molecule has 16 heavy (non-hydrogen) atoms. The fraction of sp³-hybridized carbons (Fsp3) is 0.250. The Morgan fingerprint density at radius 2 is 2.25 bits per heavy atom. The van der Waals surface area contributed by atoms with Crippen LogP contribution in [0.5, 0.6) is 0 Å². The van der Waals surface area contributed by atoms with Gasteiger partial charge in [0.05, 0.1) is 12.2 Å². The SMILES string of the molecule is COCCn1ccc2c(C(=O)O)cccc21. The van der Waals surface area contributed by atoms with Crippen LogP contribution in [0, 0.1) is 0 Å². The van der Waals surface area contributed by atoms with Crippen LogP contribution in [-0.2, 0) is 11.3 Å². The van der Waals surface area contributed by atoms with E-state index in [9.17, 15) is 4.79 Å². The Kier molecular flexibility index (Phi) is 2.92. The second-order valence-corrected chi connectivity index (χ2v) is 3.55. The van der Waals surface area contributed by atoms with E-state index in [0.717, 1.165) is 17.4 Å². The van der Waals surface area contributed by atoms with Gasteiger partial charge in [0.15, 0.2) is 0 Å². The van der Waals surface area contributed by atoms with E-state index in [1.807, 2.05) is 22.9 Å². The van der Waals surface area contributed by atoms with E-state index in [0.29, 0.717) is 12.2 Å². The number of carbonyl (C=O) groups is 1. The fourth-order valence-electron chi connectivity index (χ4n) is 1.79. The number of nitrogens with zero attached hydrogens (tertiary/aromatic N) is 1. The van der Waals surface area contributed by atoms with Crippen molar-refractivity contribution in [3.8, 4) is 0 Å². The number of ether oxygens (including phenoxy) is 1. The van der Waals surface area contributed by atoms with Gasteiger partial charge in [-0.1, -0.05) is 6.07 Å². The Morgan fingerprint density at radius 3 is 2.94 bits per heavy atom. The van der Waals surface area contributed by atoms with Crippen LogP contribution in [0.1, 0.15) is 10.4 Å². The van der Waals surface area contributed by atoms with Gasteiger partial charge in [-0.2, -0.15) is 0 Å². The van der Waals surface area contributed by atoms with Gasteiger partial charge in [0.1, 0.15) is 0 Å². The Hall–Kier alpha value is -1.81. The van der Waals surface area contributed by atoms with Crippen molar-refractivity contribution in [2.45, 2.75) is 6.54 Å². The molecule has 84 valence electrons. The molecule has 0 atom stereocenters. The summed E-state index contributed by atoms with van der Waals surface area (Å²) in [6.07, 6.45) is 1.89. The standard InChI is InChI=1S/C12H13NO3/c1-16-8-7-13-6-5-9-10(12(14)15)3-2-4-11(9)13/h2-6H,7-8H2,1H3,(H,14,15). The molecule has 0 saturated carbocycles. The smallest absolute Gasteiger partial charge is 0.336 e. The number of fused-ring (bicyclic) bond motifs is 1. The Bertz CT molecular complexity index is 516. The van der Waals surface area contributed by atoms with Crippen LogP contribution in [0.3, 0.4) is 0 Å². The van der Waals surface area contributed by atoms with E-state index in [1.165, 1.54) is 0 Å². The summed E-state index contributed by atoms with van der Waals surface area (Å²) in [6, 6.07) is 7.12. The summed E-state index contributed by atoms with van der Waals surface area (Å²) in [7, 11) is 1.65. The van der Waals surface area contributed by atoms with Crippen molar-refractivity contribution >= 4 is 16.9 Å². The molecule has 1 aromatic carbocycles. The van der Waals surface area contributed by atoms with Crippen molar-refractivity contribution in [2.24, 2.45) is 0 Å². The first-order valence-electron chi connectivity index (χ1n) is 5.04. The molecule has 2 rings (SSSR count). The lowest BCUT2D eigenvalue weighted by molar-refractivity contribution is 0.0699. The van der Waals surface area contributed by atoms with Gasteiger partial charge in [-0.25, -0.2) is 4.79 Å². The number of rotatable bonds is 4. The van der Waals surface area contributed by atoms with E-state index in [1.54, 1.807) is 19.2 Å². The molecule has 0 radical (unpaired) electrons. The Labute approximate surface area is 93.1 Å². The monoisotopic (exact) mass is 219 g/mol. The number of aromatic nitrogens is 1. The van der Waals surface area contributed by atoms with Gasteiger partial charge < -0.3 is 14.4 Å². The van der Waals surface area contributed by atoms with Crippen molar-refractivity contribution < 1.29 is 14.6 Å². The van der Waals surface area contributed by atoms with Crippen molar-refractivity contribution in [3.63, 3.8) is 0 Å². The average Bonchev–Trinajstić information content (AvgIpc) is 2.69. The molecule has 4 heteroatoms. The fourth-order valence-corrected chi connectivity index (χ4v) is 1.79. The maximum atomic E-state index is 11.0. The molecule has 0 aliphatic carbocycles. The van der Waals surface area contributed by atoms with E-state index >= 15 is 0 Å².